The summed E-state index contributed by atoms with van der Waals surface area (Å²) in [5, 5.41) is 0. The van der Waals surface area contributed by atoms with Crippen molar-refractivity contribution in [3.8, 4) is 0 Å². The highest BCUT2D eigenvalue weighted by Gasteiger charge is 2.37. The van der Waals surface area contributed by atoms with Crippen LogP contribution in [0.25, 0.3) is 0 Å². The number of hydrogen-bond acceptors (Lipinski definition) is 3. The van der Waals surface area contributed by atoms with E-state index in [4.69, 9.17) is 17.2 Å². The Balaban J connectivity index is 4.73. The van der Waals surface area contributed by atoms with E-state index in [2.05, 4.69) is 20.8 Å². The molecule has 0 saturated carbocycles. The maximum absolute atomic E-state index is 5.67. The van der Waals surface area contributed by atoms with Crippen LogP contribution in [0.5, 0.6) is 0 Å². The largest absolute Gasteiger partial charge is 0.326 e. The van der Waals surface area contributed by atoms with Gasteiger partial charge in [-0.15, -0.1) is 0 Å². The van der Waals surface area contributed by atoms with Gasteiger partial charge in [0, 0.05) is 19.6 Å². The third-order valence-corrected chi connectivity index (χ3v) is 3.09. The van der Waals surface area contributed by atoms with Crippen molar-refractivity contribution in [2.45, 2.75) is 26.3 Å². The van der Waals surface area contributed by atoms with Gasteiger partial charge in [-0.05, 0) is 20.8 Å². The first-order valence-corrected chi connectivity index (χ1v) is 5.40. The van der Waals surface area contributed by atoms with Crippen molar-refractivity contribution in [1.82, 2.24) is 0 Å². The quantitative estimate of drug-likeness (QED) is 0.508. The Labute approximate surface area is 88.0 Å². The molecular weight excluding hydrogens is 176 g/mol. The van der Waals surface area contributed by atoms with Gasteiger partial charge in [0.05, 0.1) is 25.2 Å². The van der Waals surface area contributed by atoms with Crippen LogP contribution in [-0.4, -0.2) is 49.3 Å². The zero-order chi connectivity index (χ0) is 11.2. The van der Waals surface area contributed by atoms with Crippen LogP contribution < -0.4 is 17.2 Å². The second kappa shape index (κ2) is 5.66. The normalized spacial score (nSPS) is 13.3. The lowest BCUT2D eigenvalue weighted by Crippen LogP contribution is -2.65. The molecule has 4 heteroatoms. The van der Waals surface area contributed by atoms with Gasteiger partial charge in [0.1, 0.15) is 0 Å². The molecule has 0 aliphatic rings. The molecule has 4 nitrogen and oxygen atoms in total. The van der Waals surface area contributed by atoms with E-state index in [-0.39, 0.29) is 5.54 Å². The topological polar surface area (TPSA) is 78.1 Å². The molecule has 6 N–H and O–H groups in total. The Bertz CT molecular complexity index is 134. The molecule has 0 saturated heterocycles. The molecule has 0 rings (SSSR count). The van der Waals surface area contributed by atoms with Gasteiger partial charge < -0.3 is 21.7 Å². The lowest BCUT2D eigenvalue weighted by Gasteiger charge is -2.48. The summed E-state index contributed by atoms with van der Waals surface area (Å²) in [6.07, 6.45) is 0. The fourth-order valence-corrected chi connectivity index (χ4v) is 2.08. The second-order valence-corrected chi connectivity index (χ2v) is 4.85. The van der Waals surface area contributed by atoms with E-state index in [0.29, 0.717) is 19.6 Å². The van der Waals surface area contributed by atoms with Crippen LogP contribution in [0.1, 0.15) is 20.8 Å². The molecule has 0 amide bonds. The molecular formula is C10H27N4+. The van der Waals surface area contributed by atoms with Crippen molar-refractivity contribution in [2.75, 3.05) is 39.3 Å². The first kappa shape index (κ1) is 13.8. The molecule has 0 aromatic rings. The molecule has 86 valence electrons. The highest BCUT2D eigenvalue weighted by molar-refractivity contribution is 4.66. The minimum Gasteiger partial charge on any atom is -0.326 e. The average Bonchev–Trinajstić information content (AvgIpc) is 2.03. The van der Waals surface area contributed by atoms with Crippen molar-refractivity contribution < 1.29 is 4.48 Å². The highest BCUT2D eigenvalue weighted by atomic mass is 15.4. The maximum atomic E-state index is 5.67. The summed E-state index contributed by atoms with van der Waals surface area (Å²) < 4.78 is 0.927. The number of quaternary nitrogens is 1. The first-order chi connectivity index (χ1) is 6.43. The third-order valence-electron chi connectivity index (χ3n) is 3.09. The standard InChI is InChI=1S/C10H27N4/c1-10(2,3)14(7-4-11,8-5-12)9-6-13/h4-9,11-13H2,1-3H3/q+1. The summed E-state index contributed by atoms with van der Waals surface area (Å²) in [7, 11) is 0. The maximum Gasteiger partial charge on any atom is 0.0915 e. The molecule has 0 unspecified atom stereocenters. The van der Waals surface area contributed by atoms with Crippen molar-refractivity contribution in [2.24, 2.45) is 17.2 Å². The van der Waals surface area contributed by atoms with Crippen LogP contribution in [-0.2, 0) is 0 Å². The van der Waals surface area contributed by atoms with Crippen molar-refractivity contribution in [1.29, 1.82) is 0 Å². The fourth-order valence-electron chi connectivity index (χ4n) is 2.08. The van der Waals surface area contributed by atoms with Crippen LogP contribution in [0.2, 0.25) is 0 Å². The van der Waals surface area contributed by atoms with E-state index >= 15 is 0 Å². The SMILES string of the molecule is CC(C)(C)[N+](CCN)(CCN)CCN. The van der Waals surface area contributed by atoms with Crippen molar-refractivity contribution in [3.63, 3.8) is 0 Å². The van der Waals surface area contributed by atoms with Gasteiger partial charge in [0.2, 0.25) is 0 Å². The second-order valence-electron chi connectivity index (χ2n) is 4.85. The van der Waals surface area contributed by atoms with E-state index in [1.165, 1.54) is 0 Å². The predicted molar refractivity (Wildman–Crippen MR) is 61.8 cm³/mol. The average molecular weight is 203 g/mol. The first-order valence-electron chi connectivity index (χ1n) is 5.40. The summed E-state index contributed by atoms with van der Waals surface area (Å²) in [6.45, 7) is 11.6. The van der Waals surface area contributed by atoms with Crippen molar-refractivity contribution >= 4 is 0 Å². The molecule has 0 atom stereocenters. The predicted octanol–water partition coefficient (Wildman–Crippen LogP) is -0.522. The number of hydrogen-bond donors (Lipinski definition) is 3. The third kappa shape index (κ3) is 3.20. The Morgan fingerprint density at radius 3 is 1.21 bits per heavy atom. The number of nitrogens with zero attached hydrogens (tertiary/aromatic N) is 1. The minimum atomic E-state index is 0.165. The molecule has 0 radical (unpaired) electrons. The number of nitrogens with two attached hydrogens (primary N) is 3. The highest BCUT2D eigenvalue weighted by Crippen LogP contribution is 2.23. The van der Waals surface area contributed by atoms with Crippen molar-refractivity contribution in [3.05, 3.63) is 0 Å². The summed E-state index contributed by atoms with van der Waals surface area (Å²) in [5.41, 5.74) is 17.2. The molecule has 0 aromatic heterocycles. The monoisotopic (exact) mass is 203 g/mol. The van der Waals surface area contributed by atoms with Gasteiger partial charge in [-0.2, -0.15) is 0 Å². The Kier molecular flexibility index (Phi) is 5.59. The molecule has 0 aliphatic heterocycles. The van der Waals surface area contributed by atoms with Crippen LogP contribution >= 0.6 is 0 Å². The zero-order valence-electron chi connectivity index (χ0n) is 9.92. The lowest BCUT2D eigenvalue weighted by molar-refractivity contribution is -0.967. The van der Waals surface area contributed by atoms with Gasteiger partial charge >= 0.3 is 0 Å². The van der Waals surface area contributed by atoms with Crippen LogP contribution in [0.15, 0.2) is 0 Å². The van der Waals surface area contributed by atoms with E-state index < -0.39 is 0 Å². The fraction of sp³-hybridized carbons (Fsp3) is 1.00. The Hall–Kier alpha value is -0.160. The minimum absolute atomic E-state index is 0.165. The molecule has 0 bridgehead atoms. The smallest absolute Gasteiger partial charge is 0.0915 e. The molecule has 0 heterocycles. The Morgan fingerprint density at radius 2 is 1.07 bits per heavy atom. The summed E-state index contributed by atoms with van der Waals surface area (Å²) in [6, 6.07) is 0. The molecule has 0 aromatic carbocycles. The van der Waals surface area contributed by atoms with Gasteiger partial charge in [-0.1, -0.05) is 0 Å². The van der Waals surface area contributed by atoms with E-state index in [1.807, 2.05) is 0 Å². The lowest BCUT2D eigenvalue weighted by atomic mass is 10.0. The van der Waals surface area contributed by atoms with E-state index in [9.17, 15) is 0 Å². The van der Waals surface area contributed by atoms with Gasteiger partial charge in [0.15, 0.2) is 0 Å². The van der Waals surface area contributed by atoms with Crippen LogP contribution in [0, 0.1) is 0 Å². The zero-order valence-corrected chi connectivity index (χ0v) is 9.92. The molecule has 0 spiro atoms. The van der Waals surface area contributed by atoms with Crippen LogP contribution in [0.3, 0.4) is 0 Å². The molecule has 0 aliphatic carbocycles. The van der Waals surface area contributed by atoms with Gasteiger partial charge in [-0.3, -0.25) is 0 Å². The Morgan fingerprint density at radius 1 is 0.786 bits per heavy atom. The van der Waals surface area contributed by atoms with E-state index in [1.54, 1.807) is 0 Å². The molecule has 14 heavy (non-hydrogen) atoms. The van der Waals surface area contributed by atoms with Gasteiger partial charge in [-0.25, -0.2) is 0 Å². The molecule has 0 fully saturated rings. The summed E-state index contributed by atoms with van der Waals surface area (Å²) >= 11 is 0. The summed E-state index contributed by atoms with van der Waals surface area (Å²) in [5.74, 6) is 0. The summed E-state index contributed by atoms with van der Waals surface area (Å²) in [4.78, 5) is 0. The number of rotatable bonds is 6. The van der Waals surface area contributed by atoms with Crippen LogP contribution in [0.4, 0.5) is 0 Å². The van der Waals surface area contributed by atoms with E-state index in [0.717, 1.165) is 24.1 Å². The van der Waals surface area contributed by atoms with Gasteiger partial charge in [0.25, 0.3) is 0 Å².